The number of aliphatic hydroxyl groups is 3. The number of carbonyl (C=O) groups excluding carboxylic acids is 4. The summed E-state index contributed by atoms with van der Waals surface area (Å²) in [5.41, 5.74) is -3.04. The molecule has 5 atom stereocenters. The van der Waals surface area contributed by atoms with Gasteiger partial charge in [0, 0.05) is 25.7 Å². The Hall–Kier alpha value is -3.24. The van der Waals surface area contributed by atoms with Gasteiger partial charge in [-0.15, -0.1) is 0 Å². The maximum Gasteiger partial charge on any atom is 0.256 e. The second-order valence-corrected chi connectivity index (χ2v) is 8.96. The molecular formula is C21H20N2O8. The molecule has 0 saturated heterocycles. The van der Waals surface area contributed by atoms with E-state index in [-0.39, 0.29) is 18.4 Å². The minimum absolute atomic E-state index is 0.0665. The zero-order chi connectivity index (χ0) is 22.8. The number of aromatic hydroxyl groups is 1. The van der Waals surface area contributed by atoms with Crippen molar-refractivity contribution in [2.24, 2.45) is 23.0 Å². The third-order valence-corrected chi connectivity index (χ3v) is 7.65. The number of fused-ring (bicyclic) bond motifs is 1. The lowest BCUT2D eigenvalue weighted by Crippen LogP contribution is -2.59. The summed E-state index contributed by atoms with van der Waals surface area (Å²) in [5, 5.41) is 44.1. The first-order chi connectivity index (χ1) is 14.4. The number of hydrogen-bond donors (Lipinski definition) is 5. The number of Topliss-reactive ketones (excluding diaryl/α,β-unsaturated/α-hetero) is 3. The van der Waals surface area contributed by atoms with Crippen molar-refractivity contribution in [2.45, 2.75) is 24.0 Å². The highest BCUT2D eigenvalue weighted by Gasteiger charge is 2.90. The number of aliphatic hydroxyl groups excluding tert-OH is 1. The topological polar surface area (TPSA) is 178 Å². The van der Waals surface area contributed by atoms with E-state index in [4.69, 9.17) is 5.73 Å². The molecule has 0 aliphatic heterocycles. The summed E-state index contributed by atoms with van der Waals surface area (Å²) < 4.78 is 0. The van der Waals surface area contributed by atoms with Crippen LogP contribution in [0.25, 0.3) is 0 Å². The van der Waals surface area contributed by atoms with Gasteiger partial charge in [-0.2, -0.15) is 0 Å². The van der Waals surface area contributed by atoms with Crippen molar-refractivity contribution >= 4 is 28.9 Å². The average molecular weight is 428 g/mol. The summed E-state index contributed by atoms with van der Waals surface area (Å²) in [7, 11) is 3.48. The maximum absolute atomic E-state index is 13.9. The molecule has 5 rings (SSSR count). The van der Waals surface area contributed by atoms with Gasteiger partial charge in [-0.05, 0) is 36.5 Å². The number of benzene rings is 1. The largest absolute Gasteiger partial charge is 0.508 e. The third kappa shape index (κ3) is 1.68. The van der Waals surface area contributed by atoms with Crippen molar-refractivity contribution < 1.29 is 39.6 Å². The molecule has 1 spiro atoms. The van der Waals surface area contributed by atoms with Gasteiger partial charge < -0.3 is 31.1 Å². The van der Waals surface area contributed by atoms with Gasteiger partial charge >= 0.3 is 0 Å². The fraction of sp³-hybridized carbons (Fsp3) is 0.429. The quantitative estimate of drug-likeness (QED) is 0.284. The van der Waals surface area contributed by atoms with Gasteiger partial charge in [-0.25, -0.2) is 0 Å². The van der Waals surface area contributed by atoms with Crippen LogP contribution in [0.2, 0.25) is 0 Å². The molecule has 162 valence electrons. The second-order valence-electron chi connectivity index (χ2n) is 8.96. The van der Waals surface area contributed by atoms with Crippen molar-refractivity contribution in [3.8, 4) is 5.75 Å². The molecule has 2 saturated carbocycles. The average Bonchev–Trinajstić information content (AvgIpc) is 3.02. The Bertz CT molecular complexity index is 1190. The molecule has 1 amide bonds. The van der Waals surface area contributed by atoms with E-state index in [1.807, 2.05) is 0 Å². The SMILES string of the molecule is CN(C)c1ccc(O)c2c1C[C@H]1C[C@@H]3[C@@]4(O)C(=O)C(C(N)=O)=C(O)[C@]3(O)C1(C2=O)C4=O. The molecule has 31 heavy (non-hydrogen) atoms. The normalized spacial score (nSPS) is 37.7. The van der Waals surface area contributed by atoms with Crippen LogP contribution in [-0.4, -0.2) is 69.0 Å². The lowest BCUT2D eigenvalue weighted by Gasteiger charge is -2.43. The fourth-order valence-electron chi connectivity index (χ4n) is 6.48. The second kappa shape index (κ2) is 5.32. The number of anilines is 1. The highest BCUT2D eigenvalue weighted by Crippen LogP contribution is 2.72. The monoisotopic (exact) mass is 428 g/mol. The zero-order valence-corrected chi connectivity index (χ0v) is 16.7. The van der Waals surface area contributed by atoms with E-state index >= 15 is 0 Å². The minimum atomic E-state index is -2.87. The maximum atomic E-state index is 13.9. The number of carbonyl (C=O) groups is 4. The standard InChI is InChI=1S/C21H20N2O8/c1-23(2)9-3-4-10(24)12-8(9)5-7-6-11-20(30)15(26)13(17(22)28)16(27)21(11,31)19(7,14(12)25)18(20)29/h3-4,7,11,24,27,30-31H,5-6H2,1-2H3,(H2,22,28)/t7-,11+,19?,20+,21-/m0/s1. The van der Waals surface area contributed by atoms with E-state index in [9.17, 15) is 39.6 Å². The zero-order valence-electron chi connectivity index (χ0n) is 16.7. The molecular weight excluding hydrogens is 408 g/mol. The molecule has 4 aliphatic rings. The van der Waals surface area contributed by atoms with Crippen LogP contribution in [0.5, 0.6) is 5.75 Å². The number of ketones is 3. The summed E-state index contributed by atoms with van der Waals surface area (Å²) in [4.78, 5) is 53.9. The van der Waals surface area contributed by atoms with Crippen molar-refractivity contribution in [1.29, 1.82) is 0 Å². The van der Waals surface area contributed by atoms with E-state index in [1.165, 1.54) is 6.07 Å². The van der Waals surface area contributed by atoms with E-state index in [0.717, 1.165) is 0 Å². The first-order valence-corrected chi connectivity index (χ1v) is 9.72. The van der Waals surface area contributed by atoms with E-state index in [2.05, 4.69) is 0 Å². The van der Waals surface area contributed by atoms with Gasteiger partial charge in [0.15, 0.2) is 17.2 Å². The van der Waals surface area contributed by atoms with E-state index in [1.54, 1.807) is 25.1 Å². The molecule has 10 heteroatoms. The van der Waals surface area contributed by atoms with Gasteiger partial charge in [-0.1, -0.05) is 0 Å². The molecule has 4 aliphatic carbocycles. The number of primary amides is 1. The Labute approximate surface area is 175 Å². The first kappa shape index (κ1) is 19.7. The molecule has 0 radical (unpaired) electrons. The smallest absolute Gasteiger partial charge is 0.256 e. The Kier molecular flexibility index (Phi) is 3.38. The van der Waals surface area contributed by atoms with Gasteiger partial charge in [-0.3, -0.25) is 19.2 Å². The molecule has 0 aromatic heterocycles. The van der Waals surface area contributed by atoms with Crippen LogP contribution in [-0.2, 0) is 20.8 Å². The van der Waals surface area contributed by atoms with Crippen LogP contribution in [0, 0.1) is 17.3 Å². The van der Waals surface area contributed by atoms with Crippen LogP contribution >= 0.6 is 0 Å². The minimum Gasteiger partial charge on any atom is -0.508 e. The van der Waals surface area contributed by atoms with Crippen LogP contribution in [0.3, 0.4) is 0 Å². The number of amides is 1. The summed E-state index contributed by atoms with van der Waals surface area (Å²) in [6.45, 7) is 0. The Morgan fingerprint density at radius 3 is 2.35 bits per heavy atom. The number of phenols is 1. The molecule has 10 nitrogen and oxygen atoms in total. The summed E-state index contributed by atoms with van der Waals surface area (Å²) in [6.07, 6.45) is -0.0642. The highest BCUT2D eigenvalue weighted by molar-refractivity contribution is 6.37. The molecule has 1 aromatic rings. The molecule has 1 aromatic carbocycles. The lowest BCUT2D eigenvalue weighted by atomic mass is 9.58. The molecule has 1 unspecified atom stereocenters. The number of hydrogen-bond acceptors (Lipinski definition) is 9. The van der Waals surface area contributed by atoms with Crippen LogP contribution in [0.4, 0.5) is 5.69 Å². The van der Waals surface area contributed by atoms with Gasteiger partial charge in [0.2, 0.25) is 5.78 Å². The van der Waals surface area contributed by atoms with Crippen LogP contribution in [0.1, 0.15) is 22.3 Å². The van der Waals surface area contributed by atoms with Gasteiger partial charge in [0.1, 0.15) is 28.1 Å². The Balaban J connectivity index is 1.87. The first-order valence-electron chi connectivity index (χ1n) is 9.72. The Morgan fingerprint density at radius 2 is 1.77 bits per heavy atom. The highest BCUT2D eigenvalue weighted by atomic mass is 16.4. The number of nitrogens with zero attached hydrogens (tertiary/aromatic N) is 1. The van der Waals surface area contributed by atoms with E-state index in [0.29, 0.717) is 11.3 Å². The number of phenolic OH excluding ortho intramolecular Hbond substituents is 1. The fourth-order valence-corrected chi connectivity index (χ4v) is 6.48. The molecule has 0 heterocycles. The molecule has 6 N–H and O–H groups in total. The van der Waals surface area contributed by atoms with Crippen molar-refractivity contribution in [3.05, 3.63) is 34.6 Å². The number of rotatable bonds is 2. The van der Waals surface area contributed by atoms with Crippen molar-refractivity contribution in [1.82, 2.24) is 0 Å². The lowest BCUT2D eigenvalue weighted by molar-refractivity contribution is -0.158. The molecule has 4 bridgehead atoms. The van der Waals surface area contributed by atoms with Crippen molar-refractivity contribution in [2.75, 3.05) is 19.0 Å². The summed E-state index contributed by atoms with van der Waals surface area (Å²) >= 11 is 0. The predicted molar refractivity (Wildman–Crippen MR) is 103 cm³/mol. The Morgan fingerprint density at radius 1 is 1.13 bits per heavy atom. The summed E-state index contributed by atoms with van der Waals surface area (Å²) in [5.74, 6) is -9.14. The van der Waals surface area contributed by atoms with Gasteiger partial charge in [0.05, 0.1) is 5.56 Å². The molecule has 2 fully saturated rings. The predicted octanol–water partition coefficient (Wildman–Crippen LogP) is -1.26. The van der Waals surface area contributed by atoms with Crippen LogP contribution in [0.15, 0.2) is 23.5 Å². The van der Waals surface area contributed by atoms with Gasteiger partial charge in [0.25, 0.3) is 5.91 Å². The third-order valence-electron chi connectivity index (χ3n) is 7.65. The summed E-state index contributed by atoms with van der Waals surface area (Å²) in [6, 6.07) is 2.89. The van der Waals surface area contributed by atoms with Crippen LogP contribution < -0.4 is 10.6 Å². The number of nitrogens with two attached hydrogens (primary N) is 1. The van der Waals surface area contributed by atoms with E-state index < -0.39 is 68.8 Å². The van der Waals surface area contributed by atoms with Crippen molar-refractivity contribution in [3.63, 3.8) is 0 Å².